The van der Waals surface area contributed by atoms with Crippen LogP contribution in [0.1, 0.15) is 29.8 Å². The van der Waals surface area contributed by atoms with Gasteiger partial charge in [-0.3, -0.25) is 9.59 Å². The first-order valence-electron chi connectivity index (χ1n) is 8.19. The van der Waals surface area contributed by atoms with Crippen LogP contribution in [0, 0.1) is 5.41 Å². The Balaban J connectivity index is 2.22. The molecule has 4 N–H and O–H groups in total. The highest BCUT2D eigenvalue weighted by molar-refractivity contribution is 6.35. The summed E-state index contributed by atoms with van der Waals surface area (Å²) in [6.45, 7) is 3.85. The van der Waals surface area contributed by atoms with Crippen molar-refractivity contribution >= 4 is 39.9 Å². The van der Waals surface area contributed by atoms with Gasteiger partial charge in [0.05, 0.1) is 27.2 Å². The Morgan fingerprint density at radius 1 is 1.12 bits per heavy atom. The Bertz CT molecular complexity index is 1010. The van der Waals surface area contributed by atoms with Gasteiger partial charge >= 0.3 is 0 Å². The number of fused-ring (bicyclic) bond motifs is 1. The van der Waals surface area contributed by atoms with Crippen molar-refractivity contribution in [1.82, 2.24) is 4.57 Å². The lowest BCUT2D eigenvalue weighted by molar-refractivity contribution is -0.126. The standard InChI is InChI=1S/C20H20ClN3O2/c1-20(2,19(23)26)11-24-10-13(18(25)12-6-4-3-5-7-12)16-15(24)9-8-14(21)17(16)22/h3-10H,11,22H2,1-2H3,(H2,23,26). The minimum atomic E-state index is -0.784. The predicted octanol–water partition coefficient (Wildman–Crippen LogP) is 3.62. The van der Waals surface area contributed by atoms with Crippen molar-refractivity contribution in [2.75, 3.05) is 5.73 Å². The van der Waals surface area contributed by atoms with Crippen molar-refractivity contribution in [2.24, 2.45) is 11.1 Å². The largest absolute Gasteiger partial charge is 0.397 e. The lowest BCUT2D eigenvalue weighted by atomic mass is 9.92. The molecular weight excluding hydrogens is 350 g/mol. The summed E-state index contributed by atoms with van der Waals surface area (Å²) in [6, 6.07) is 12.4. The van der Waals surface area contributed by atoms with Crippen molar-refractivity contribution in [3.05, 3.63) is 64.8 Å². The summed E-state index contributed by atoms with van der Waals surface area (Å²) in [5, 5.41) is 0.971. The van der Waals surface area contributed by atoms with E-state index < -0.39 is 11.3 Å². The second kappa shape index (κ2) is 6.50. The number of rotatable bonds is 5. The lowest BCUT2D eigenvalue weighted by Gasteiger charge is -2.21. The number of carbonyl (C=O) groups excluding carboxylic acids is 2. The summed E-state index contributed by atoms with van der Waals surface area (Å²) in [5.74, 6) is -0.572. The Kier molecular flexibility index (Phi) is 4.50. The van der Waals surface area contributed by atoms with Crippen molar-refractivity contribution in [3.8, 4) is 0 Å². The first-order valence-corrected chi connectivity index (χ1v) is 8.56. The maximum absolute atomic E-state index is 13.0. The van der Waals surface area contributed by atoms with Crippen LogP contribution in [-0.4, -0.2) is 16.3 Å². The number of anilines is 1. The molecule has 5 nitrogen and oxygen atoms in total. The highest BCUT2D eigenvalue weighted by Gasteiger charge is 2.28. The molecule has 0 atom stereocenters. The number of carbonyl (C=O) groups is 2. The van der Waals surface area contributed by atoms with E-state index in [0.717, 1.165) is 5.52 Å². The molecule has 3 aromatic rings. The number of hydrogen-bond acceptors (Lipinski definition) is 3. The van der Waals surface area contributed by atoms with Gasteiger partial charge in [0, 0.05) is 23.7 Å². The predicted molar refractivity (Wildman–Crippen MR) is 104 cm³/mol. The Morgan fingerprint density at radius 2 is 1.77 bits per heavy atom. The van der Waals surface area contributed by atoms with Crippen molar-refractivity contribution in [1.29, 1.82) is 0 Å². The second-order valence-corrected chi connectivity index (χ2v) is 7.38. The zero-order chi connectivity index (χ0) is 19.1. The summed E-state index contributed by atoms with van der Waals surface area (Å²) < 4.78 is 1.84. The third-order valence-electron chi connectivity index (χ3n) is 4.55. The van der Waals surface area contributed by atoms with E-state index in [2.05, 4.69) is 0 Å². The van der Waals surface area contributed by atoms with E-state index in [-0.39, 0.29) is 5.78 Å². The molecular formula is C20H20ClN3O2. The summed E-state index contributed by atoms with van der Waals surface area (Å²) in [4.78, 5) is 24.8. The number of ketones is 1. The maximum atomic E-state index is 13.0. The van der Waals surface area contributed by atoms with E-state index >= 15 is 0 Å². The number of amides is 1. The van der Waals surface area contributed by atoms with E-state index in [4.69, 9.17) is 23.1 Å². The van der Waals surface area contributed by atoms with Crippen LogP contribution in [0.2, 0.25) is 5.02 Å². The van der Waals surface area contributed by atoms with Gasteiger partial charge in [0.15, 0.2) is 5.78 Å². The van der Waals surface area contributed by atoms with Crippen molar-refractivity contribution in [3.63, 3.8) is 0 Å². The maximum Gasteiger partial charge on any atom is 0.224 e. The molecule has 0 aliphatic rings. The van der Waals surface area contributed by atoms with Crippen LogP contribution < -0.4 is 11.5 Å². The third kappa shape index (κ3) is 3.06. The smallest absolute Gasteiger partial charge is 0.224 e. The average molecular weight is 370 g/mol. The molecule has 6 heteroatoms. The zero-order valence-corrected chi connectivity index (χ0v) is 15.4. The highest BCUT2D eigenvalue weighted by Crippen LogP contribution is 2.35. The molecule has 0 unspecified atom stereocenters. The van der Waals surface area contributed by atoms with Gasteiger partial charge in [0.25, 0.3) is 0 Å². The normalized spacial score (nSPS) is 11.7. The molecule has 0 bridgehead atoms. The van der Waals surface area contributed by atoms with Crippen molar-refractivity contribution < 1.29 is 9.59 Å². The van der Waals surface area contributed by atoms with Gasteiger partial charge in [-0.1, -0.05) is 41.9 Å². The molecule has 0 saturated carbocycles. The molecule has 0 radical (unpaired) electrons. The monoisotopic (exact) mass is 369 g/mol. The molecule has 0 spiro atoms. The zero-order valence-electron chi connectivity index (χ0n) is 14.6. The number of halogens is 1. The topological polar surface area (TPSA) is 91.1 Å². The van der Waals surface area contributed by atoms with Gasteiger partial charge in [-0.15, -0.1) is 0 Å². The van der Waals surface area contributed by atoms with Crippen LogP contribution in [0.4, 0.5) is 5.69 Å². The van der Waals surface area contributed by atoms with Gasteiger partial charge in [-0.25, -0.2) is 0 Å². The Labute approximate surface area is 156 Å². The quantitative estimate of drug-likeness (QED) is 0.531. The molecule has 2 aromatic carbocycles. The van der Waals surface area contributed by atoms with Crippen LogP contribution in [-0.2, 0) is 11.3 Å². The highest BCUT2D eigenvalue weighted by atomic mass is 35.5. The molecule has 0 fully saturated rings. The van der Waals surface area contributed by atoms with Crippen LogP contribution >= 0.6 is 11.6 Å². The SMILES string of the molecule is CC(C)(Cn1cc(C(=O)c2ccccc2)c2c(N)c(Cl)ccc21)C(N)=O. The number of benzene rings is 2. The molecule has 0 aliphatic carbocycles. The third-order valence-corrected chi connectivity index (χ3v) is 4.88. The van der Waals surface area contributed by atoms with Crippen LogP contribution in [0.5, 0.6) is 0 Å². The number of hydrogen-bond donors (Lipinski definition) is 2. The molecule has 1 heterocycles. The molecule has 1 amide bonds. The van der Waals surface area contributed by atoms with E-state index in [1.807, 2.05) is 10.6 Å². The number of aromatic nitrogens is 1. The molecule has 0 saturated heterocycles. The Hall–Kier alpha value is -2.79. The van der Waals surface area contributed by atoms with Crippen molar-refractivity contribution in [2.45, 2.75) is 20.4 Å². The fourth-order valence-corrected chi connectivity index (χ4v) is 3.10. The molecule has 0 aliphatic heterocycles. The number of nitrogens with zero attached hydrogens (tertiary/aromatic N) is 1. The molecule has 134 valence electrons. The van der Waals surface area contributed by atoms with Gasteiger partial charge in [-0.05, 0) is 26.0 Å². The minimum absolute atomic E-state index is 0.153. The summed E-state index contributed by atoms with van der Waals surface area (Å²) in [5.41, 5.74) is 13.0. The molecule has 26 heavy (non-hydrogen) atoms. The van der Waals surface area contributed by atoms with Crippen LogP contribution in [0.3, 0.4) is 0 Å². The fraction of sp³-hybridized carbons (Fsp3) is 0.200. The first-order chi connectivity index (χ1) is 12.2. The number of nitrogen functional groups attached to an aromatic ring is 1. The number of primary amides is 1. The average Bonchev–Trinajstić information content (AvgIpc) is 2.96. The fourth-order valence-electron chi connectivity index (χ4n) is 2.95. The Morgan fingerprint density at radius 3 is 2.38 bits per heavy atom. The van der Waals surface area contributed by atoms with Gasteiger partial charge in [-0.2, -0.15) is 0 Å². The van der Waals surface area contributed by atoms with E-state index in [1.54, 1.807) is 56.4 Å². The van der Waals surface area contributed by atoms with Gasteiger partial charge in [0.1, 0.15) is 0 Å². The van der Waals surface area contributed by atoms with E-state index in [9.17, 15) is 9.59 Å². The van der Waals surface area contributed by atoms with Crippen LogP contribution in [0.15, 0.2) is 48.7 Å². The van der Waals surface area contributed by atoms with Gasteiger partial charge in [0.2, 0.25) is 5.91 Å². The summed E-state index contributed by atoms with van der Waals surface area (Å²) >= 11 is 6.18. The van der Waals surface area contributed by atoms with Crippen LogP contribution in [0.25, 0.3) is 10.9 Å². The summed E-state index contributed by atoms with van der Waals surface area (Å²) in [6.07, 6.45) is 1.72. The number of nitrogens with two attached hydrogens (primary N) is 2. The lowest BCUT2D eigenvalue weighted by Crippen LogP contribution is -2.35. The first kappa shape index (κ1) is 18.0. The minimum Gasteiger partial charge on any atom is -0.397 e. The van der Waals surface area contributed by atoms with Gasteiger partial charge < -0.3 is 16.0 Å². The second-order valence-electron chi connectivity index (χ2n) is 6.97. The van der Waals surface area contributed by atoms with E-state index in [1.165, 1.54) is 0 Å². The summed E-state index contributed by atoms with van der Waals surface area (Å²) in [7, 11) is 0. The van der Waals surface area contributed by atoms with E-state index in [0.29, 0.717) is 33.8 Å². The molecule has 1 aromatic heterocycles. The molecule has 3 rings (SSSR count).